The Bertz CT molecular complexity index is 410. The van der Waals surface area contributed by atoms with Crippen molar-refractivity contribution in [1.82, 2.24) is 0 Å². The lowest BCUT2D eigenvalue weighted by molar-refractivity contribution is 0.174. The van der Waals surface area contributed by atoms with Gasteiger partial charge in [0.2, 0.25) is 6.79 Å². The molecule has 1 aliphatic carbocycles. The fourth-order valence-electron chi connectivity index (χ4n) is 2.45. The lowest BCUT2D eigenvalue weighted by Gasteiger charge is -2.29. The monoisotopic (exact) mass is 345 g/mol. The quantitative estimate of drug-likeness (QED) is 0.657. The fraction of sp³-hybridized carbons (Fsp3) is 0.538. The van der Waals surface area contributed by atoms with Crippen LogP contribution in [0.3, 0.4) is 0 Å². The van der Waals surface area contributed by atoms with Crippen molar-refractivity contribution in [3.05, 3.63) is 18.2 Å². The first-order valence-electron chi connectivity index (χ1n) is 6.13. The Morgan fingerprint density at radius 3 is 2.82 bits per heavy atom. The lowest BCUT2D eigenvalue weighted by atomic mass is 9.95. The predicted molar refractivity (Wildman–Crippen MR) is 76.3 cm³/mol. The molecule has 92 valence electrons. The van der Waals surface area contributed by atoms with Gasteiger partial charge in [-0.1, -0.05) is 35.4 Å². The molecule has 1 aromatic rings. The molecule has 2 atom stereocenters. The smallest absolute Gasteiger partial charge is 0.231 e. The number of benzene rings is 1. The third-order valence-electron chi connectivity index (χ3n) is 3.41. The molecule has 0 amide bonds. The van der Waals surface area contributed by atoms with Crippen LogP contribution in [0.15, 0.2) is 18.2 Å². The first-order chi connectivity index (χ1) is 8.33. The fourth-order valence-corrected chi connectivity index (χ4v) is 3.43. The molecular weight excluding hydrogens is 329 g/mol. The highest BCUT2D eigenvalue weighted by atomic mass is 127. The maximum absolute atomic E-state index is 5.39. The molecule has 1 saturated carbocycles. The highest BCUT2D eigenvalue weighted by Crippen LogP contribution is 2.35. The lowest BCUT2D eigenvalue weighted by Crippen LogP contribution is -2.32. The van der Waals surface area contributed by atoms with E-state index in [1.165, 1.54) is 25.7 Å². The van der Waals surface area contributed by atoms with Gasteiger partial charge < -0.3 is 14.8 Å². The molecule has 0 aromatic heterocycles. The summed E-state index contributed by atoms with van der Waals surface area (Å²) in [7, 11) is 0. The van der Waals surface area contributed by atoms with E-state index in [0.29, 0.717) is 12.8 Å². The number of rotatable bonds is 2. The summed E-state index contributed by atoms with van der Waals surface area (Å²) in [5, 5.41) is 3.62. The number of halogens is 1. The zero-order valence-electron chi connectivity index (χ0n) is 9.62. The number of hydrogen-bond donors (Lipinski definition) is 1. The average Bonchev–Trinajstić information content (AvgIpc) is 2.79. The van der Waals surface area contributed by atoms with Gasteiger partial charge in [-0.15, -0.1) is 0 Å². The van der Waals surface area contributed by atoms with Gasteiger partial charge in [-0.05, 0) is 25.0 Å². The zero-order chi connectivity index (χ0) is 11.7. The molecule has 3 nitrogen and oxygen atoms in total. The number of fused-ring (bicyclic) bond motifs is 1. The average molecular weight is 345 g/mol. The molecule has 0 bridgehead atoms. The van der Waals surface area contributed by atoms with E-state index in [-0.39, 0.29) is 0 Å². The minimum absolute atomic E-state index is 0.344. The van der Waals surface area contributed by atoms with Gasteiger partial charge in [-0.3, -0.25) is 0 Å². The van der Waals surface area contributed by atoms with Crippen molar-refractivity contribution in [2.75, 3.05) is 12.1 Å². The second-order valence-electron chi connectivity index (χ2n) is 4.62. The Labute approximate surface area is 115 Å². The third-order valence-corrected chi connectivity index (χ3v) is 4.90. The molecule has 0 unspecified atom stereocenters. The van der Waals surface area contributed by atoms with Crippen molar-refractivity contribution in [3.63, 3.8) is 0 Å². The molecule has 1 aliphatic heterocycles. The standard InChI is InChI=1S/C13H16INO2/c14-10-3-1-2-4-11(10)15-9-5-6-12-13(7-9)17-8-16-12/h5-7,10-11,15H,1-4,8H2/t10-,11-/m1/s1. The number of alkyl halides is 1. The summed E-state index contributed by atoms with van der Waals surface area (Å²) in [6, 6.07) is 6.69. The SMILES string of the molecule is I[C@@H]1CCCC[C@H]1Nc1ccc2c(c1)OCO2. The highest BCUT2D eigenvalue weighted by molar-refractivity contribution is 14.1. The van der Waals surface area contributed by atoms with Gasteiger partial charge in [-0.25, -0.2) is 0 Å². The Morgan fingerprint density at radius 2 is 1.94 bits per heavy atom. The van der Waals surface area contributed by atoms with Crippen molar-refractivity contribution in [1.29, 1.82) is 0 Å². The third kappa shape index (κ3) is 2.46. The molecule has 1 aromatic carbocycles. The molecule has 1 heterocycles. The van der Waals surface area contributed by atoms with E-state index in [1.807, 2.05) is 12.1 Å². The van der Waals surface area contributed by atoms with E-state index >= 15 is 0 Å². The van der Waals surface area contributed by atoms with Gasteiger partial charge in [0.1, 0.15) is 0 Å². The Kier molecular flexibility index (Phi) is 3.31. The van der Waals surface area contributed by atoms with Gasteiger partial charge in [0.25, 0.3) is 0 Å². The van der Waals surface area contributed by atoms with Crippen molar-refractivity contribution < 1.29 is 9.47 Å². The normalized spacial score (nSPS) is 26.9. The topological polar surface area (TPSA) is 30.5 Å². The van der Waals surface area contributed by atoms with Crippen LogP contribution in [-0.4, -0.2) is 16.8 Å². The number of nitrogens with one attached hydrogen (secondary N) is 1. The Morgan fingerprint density at radius 1 is 1.12 bits per heavy atom. The summed E-state index contributed by atoms with van der Waals surface area (Å²) in [5.41, 5.74) is 1.14. The molecule has 17 heavy (non-hydrogen) atoms. The van der Waals surface area contributed by atoms with E-state index in [9.17, 15) is 0 Å². The molecule has 1 fully saturated rings. The molecule has 0 spiro atoms. The van der Waals surface area contributed by atoms with E-state index in [0.717, 1.165) is 21.1 Å². The Balaban J connectivity index is 1.72. The van der Waals surface area contributed by atoms with Crippen molar-refractivity contribution in [3.8, 4) is 11.5 Å². The van der Waals surface area contributed by atoms with Crippen molar-refractivity contribution in [2.24, 2.45) is 0 Å². The van der Waals surface area contributed by atoms with Crippen LogP contribution in [-0.2, 0) is 0 Å². The van der Waals surface area contributed by atoms with Crippen LogP contribution in [0.5, 0.6) is 11.5 Å². The maximum Gasteiger partial charge on any atom is 0.231 e. The van der Waals surface area contributed by atoms with E-state index in [2.05, 4.69) is 34.0 Å². The van der Waals surface area contributed by atoms with Gasteiger partial charge in [0.05, 0.1) is 0 Å². The van der Waals surface area contributed by atoms with Crippen LogP contribution in [0.25, 0.3) is 0 Å². The largest absolute Gasteiger partial charge is 0.454 e. The number of ether oxygens (including phenoxy) is 2. The van der Waals surface area contributed by atoms with Crippen molar-refractivity contribution >= 4 is 28.3 Å². The second kappa shape index (κ2) is 4.92. The maximum atomic E-state index is 5.39. The van der Waals surface area contributed by atoms with Gasteiger partial charge in [0.15, 0.2) is 11.5 Å². The molecule has 4 heteroatoms. The summed E-state index contributed by atoms with van der Waals surface area (Å²) in [5.74, 6) is 1.71. The van der Waals surface area contributed by atoms with E-state index in [1.54, 1.807) is 0 Å². The highest BCUT2D eigenvalue weighted by Gasteiger charge is 2.23. The number of anilines is 1. The van der Waals surface area contributed by atoms with Crippen LogP contribution in [0.2, 0.25) is 0 Å². The summed E-state index contributed by atoms with van der Waals surface area (Å²) in [6.07, 6.45) is 5.29. The molecular formula is C13H16INO2. The number of hydrogen-bond acceptors (Lipinski definition) is 3. The summed E-state index contributed by atoms with van der Waals surface area (Å²) in [4.78, 5) is 0. The minimum Gasteiger partial charge on any atom is -0.454 e. The molecule has 0 saturated heterocycles. The summed E-state index contributed by atoms with van der Waals surface area (Å²) < 4.78 is 11.4. The van der Waals surface area contributed by atoms with E-state index < -0.39 is 0 Å². The van der Waals surface area contributed by atoms with Gasteiger partial charge in [-0.2, -0.15) is 0 Å². The molecule has 2 aliphatic rings. The summed E-state index contributed by atoms with van der Waals surface area (Å²) >= 11 is 2.56. The van der Waals surface area contributed by atoms with Crippen LogP contribution in [0.1, 0.15) is 25.7 Å². The van der Waals surface area contributed by atoms with Gasteiger partial charge in [0, 0.05) is 21.7 Å². The predicted octanol–water partition coefficient (Wildman–Crippen LogP) is 3.57. The minimum atomic E-state index is 0.344. The van der Waals surface area contributed by atoms with Crippen LogP contribution in [0, 0.1) is 0 Å². The summed E-state index contributed by atoms with van der Waals surface area (Å²) in [6.45, 7) is 0.344. The zero-order valence-corrected chi connectivity index (χ0v) is 11.8. The van der Waals surface area contributed by atoms with Crippen molar-refractivity contribution in [2.45, 2.75) is 35.6 Å². The second-order valence-corrected chi connectivity index (χ2v) is 6.22. The molecule has 3 rings (SSSR count). The van der Waals surface area contributed by atoms with Crippen LogP contribution in [0.4, 0.5) is 5.69 Å². The van der Waals surface area contributed by atoms with Crippen LogP contribution >= 0.6 is 22.6 Å². The van der Waals surface area contributed by atoms with Gasteiger partial charge >= 0.3 is 0 Å². The first kappa shape index (κ1) is 11.4. The molecule has 1 N–H and O–H groups in total. The molecule has 0 radical (unpaired) electrons. The van der Waals surface area contributed by atoms with E-state index in [4.69, 9.17) is 9.47 Å². The van der Waals surface area contributed by atoms with Crippen LogP contribution < -0.4 is 14.8 Å². The Hall–Kier alpha value is -0.650. The first-order valence-corrected chi connectivity index (χ1v) is 7.38.